The Morgan fingerprint density at radius 1 is 1.11 bits per heavy atom. The summed E-state index contributed by atoms with van der Waals surface area (Å²) in [5, 5.41) is 8.72. The van der Waals surface area contributed by atoms with Crippen LogP contribution in [0.4, 0.5) is 0 Å². The lowest BCUT2D eigenvalue weighted by atomic mass is 10.1. The Labute approximate surface area is 126 Å². The number of rotatable bonds is 4. The van der Waals surface area contributed by atoms with E-state index in [4.69, 9.17) is 34.3 Å². The SMILES string of the molecule is N=C(N)c1ccc(CSc2cc(Cl)ccc2Cl)cc1. The van der Waals surface area contributed by atoms with Gasteiger partial charge in [0.15, 0.2) is 0 Å². The molecule has 2 aromatic rings. The summed E-state index contributed by atoms with van der Waals surface area (Å²) in [6, 6.07) is 13.0. The number of nitrogens with one attached hydrogen (secondary N) is 1. The molecule has 0 aliphatic rings. The van der Waals surface area contributed by atoms with Crippen molar-refractivity contribution in [1.82, 2.24) is 0 Å². The van der Waals surface area contributed by atoms with Crippen molar-refractivity contribution < 1.29 is 0 Å². The molecule has 0 heterocycles. The number of nitrogens with two attached hydrogens (primary N) is 1. The Morgan fingerprint density at radius 3 is 2.42 bits per heavy atom. The molecule has 5 heteroatoms. The Morgan fingerprint density at radius 2 is 1.79 bits per heavy atom. The summed E-state index contributed by atoms with van der Waals surface area (Å²) in [6.45, 7) is 0. The molecule has 19 heavy (non-hydrogen) atoms. The second kappa shape index (κ2) is 6.33. The number of thioether (sulfide) groups is 1. The van der Waals surface area contributed by atoms with Gasteiger partial charge < -0.3 is 5.73 Å². The van der Waals surface area contributed by atoms with Gasteiger partial charge in [0.05, 0.1) is 5.02 Å². The highest BCUT2D eigenvalue weighted by atomic mass is 35.5. The van der Waals surface area contributed by atoms with Gasteiger partial charge in [-0.3, -0.25) is 5.41 Å². The zero-order valence-corrected chi connectivity index (χ0v) is 12.3. The molecule has 3 N–H and O–H groups in total. The first kappa shape index (κ1) is 14.3. The molecule has 0 bridgehead atoms. The average Bonchev–Trinajstić information content (AvgIpc) is 2.40. The van der Waals surface area contributed by atoms with Crippen molar-refractivity contribution in [2.75, 3.05) is 0 Å². The fraction of sp³-hybridized carbons (Fsp3) is 0.0714. The maximum Gasteiger partial charge on any atom is 0.122 e. The molecule has 0 unspecified atom stereocenters. The molecule has 98 valence electrons. The molecule has 0 spiro atoms. The van der Waals surface area contributed by atoms with Crippen LogP contribution in [0.15, 0.2) is 47.4 Å². The smallest absolute Gasteiger partial charge is 0.122 e. The molecule has 0 fully saturated rings. The fourth-order valence-corrected chi connectivity index (χ4v) is 2.98. The largest absolute Gasteiger partial charge is 0.384 e. The predicted octanol–water partition coefficient (Wildman–Crippen LogP) is 4.57. The monoisotopic (exact) mass is 310 g/mol. The minimum atomic E-state index is 0.0806. The molecule has 0 radical (unpaired) electrons. The van der Waals surface area contributed by atoms with Crippen LogP contribution in [0.2, 0.25) is 10.0 Å². The predicted molar refractivity (Wildman–Crippen MR) is 83.5 cm³/mol. The van der Waals surface area contributed by atoms with Crippen LogP contribution in [0.5, 0.6) is 0 Å². The van der Waals surface area contributed by atoms with Crippen molar-refractivity contribution in [1.29, 1.82) is 5.41 Å². The highest BCUT2D eigenvalue weighted by molar-refractivity contribution is 7.98. The molecule has 2 nitrogen and oxygen atoms in total. The van der Waals surface area contributed by atoms with Crippen LogP contribution in [0.1, 0.15) is 11.1 Å². The third kappa shape index (κ3) is 3.90. The molecular formula is C14H12Cl2N2S. The van der Waals surface area contributed by atoms with Crippen LogP contribution in [0, 0.1) is 5.41 Å². The lowest BCUT2D eigenvalue weighted by Gasteiger charge is -2.06. The summed E-state index contributed by atoms with van der Waals surface area (Å²) in [5.74, 6) is 0.871. The van der Waals surface area contributed by atoms with Crippen molar-refractivity contribution in [3.63, 3.8) is 0 Å². The molecule has 0 saturated carbocycles. The van der Waals surface area contributed by atoms with Gasteiger partial charge in [-0.15, -0.1) is 11.8 Å². The quantitative estimate of drug-likeness (QED) is 0.494. The maximum atomic E-state index is 7.33. The number of nitrogen functional groups attached to an aromatic ring is 1. The van der Waals surface area contributed by atoms with Gasteiger partial charge in [0.25, 0.3) is 0 Å². The molecule has 0 aliphatic carbocycles. The standard InChI is InChI=1S/C14H12Cl2N2S/c15-11-5-6-12(16)13(7-11)19-8-9-1-3-10(4-2-9)14(17)18/h1-7H,8H2,(H3,17,18). The normalized spacial score (nSPS) is 10.4. The van der Waals surface area contributed by atoms with E-state index in [9.17, 15) is 0 Å². The third-order valence-corrected chi connectivity index (χ3v) is 4.36. The molecule has 0 saturated heterocycles. The highest BCUT2D eigenvalue weighted by Crippen LogP contribution is 2.32. The van der Waals surface area contributed by atoms with E-state index >= 15 is 0 Å². The average molecular weight is 311 g/mol. The fourth-order valence-electron chi connectivity index (χ4n) is 1.53. The molecule has 0 atom stereocenters. The van der Waals surface area contributed by atoms with E-state index in [0.29, 0.717) is 10.0 Å². The summed E-state index contributed by atoms with van der Waals surface area (Å²) < 4.78 is 0. The van der Waals surface area contributed by atoms with Crippen molar-refractivity contribution in [3.8, 4) is 0 Å². The van der Waals surface area contributed by atoms with Crippen molar-refractivity contribution in [2.45, 2.75) is 10.6 Å². The minimum Gasteiger partial charge on any atom is -0.384 e. The summed E-state index contributed by atoms with van der Waals surface area (Å²) in [4.78, 5) is 0.963. The second-order valence-corrected chi connectivity index (χ2v) is 5.83. The van der Waals surface area contributed by atoms with E-state index in [0.717, 1.165) is 21.8 Å². The maximum absolute atomic E-state index is 7.33. The number of amidine groups is 1. The van der Waals surface area contributed by atoms with Crippen LogP contribution < -0.4 is 5.73 Å². The van der Waals surface area contributed by atoms with Crippen molar-refractivity contribution >= 4 is 40.8 Å². The third-order valence-electron chi connectivity index (χ3n) is 2.55. The van der Waals surface area contributed by atoms with E-state index in [1.54, 1.807) is 23.9 Å². The summed E-state index contributed by atoms with van der Waals surface area (Å²) in [6.07, 6.45) is 0. The lowest BCUT2D eigenvalue weighted by Crippen LogP contribution is -2.10. The molecule has 0 aliphatic heterocycles. The first-order chi connectivity index (χ1) is 9.06. The summed E-state index contributed by atoms with van der Waals surface area (Å²) in [7, 11) is 0. The van der Waals surface area contributed by atoms with E-state index < -0.39 is 0 Å². The number of benzene rings is 2. The molecule has 0 aromatic heterocycles. The van der Waals surface area contributed by atoms with Crippen molar-refractivity contribution in [3.05, 3.63) is 63.6 Å². The minimum absolute atomic E-state index is 0.0806. The highest BCUT2D eigenvalue weighted by Gasteiger charge is 2.03. The van der Waals surface area contributed by atoms with Gasteiger partial charge in [-0.25, -0.2) is 0 Å². The Balaban J connectivity index is 2.06. The Hall–Kier alpha value is -1.16. The van der Waals surface area contributed by atoms with E-state index in [1.165, 1.54) is 0 Å². The molecule has 2 aromatic carbocycles. The van der Waals surface area contributed by atoms with Crippen LogP contribution in [-0.2, 0) is 5.75 Å². The van der Waals surface area contributed by atoms with Crippen LogP contribution >= 0.6 is 35.0 Å². The van der Waals surface area contributed by atoms with Gasteiger partial charge >= 0.3 is 0 Å². The van der Waals surface area contributed by atoms with Crippen LogP contribution in [0.25, 0.3) is 0 Å². The topological polar surface area (TPSA) is 49.9 Å². The van der Waals surface area contributed by atoms with Crippen LogP contribution in [-0.4, -0.2) is 5.84 Å². The van der Waals surface area contributed by atoms with E-state index in [-0.39, 0.29) is 5.84 Å². The first-order valence-electron chi connectivity index (χ1n) is 5.57. The Bertz CT molecular complexity index is 597. The van der Waals surface area contributed by atoms with Gasteiger partial charge in [0, 0.05) is 21.2 Å². The summed E-state index contributed by atoms with van der Waals surface area (Å²) in [5.41, 5.74) is 7.29. The van der Waals surface area contributed by atoms with Crippen molar-refractivity contribution in [2.24, 2.45) is 5.73 Å². The lowest BCUT2D eigenvalue weighted by molar-refractivity contribution is 1.36. The number of halogens is 2. The molecule has 0 amide bonds. The van der Waals surface area contributed by atoms with Crippen LogP contribution in [0.3, 0.4) is 0 Å². The van der Waals surface area contributed by atoms with E-state index in [2.05, 4.69) is 0 Å². The zero-order valence-electron chi connectivity index (χ0n) is 9.99. The van der Waals surface area contributed by atoms with Gasteiger partial charge in [-0.1, -0.05) is 47.5 Å². The Kier molecular flexibility index (Phi) is 4.75. The number of hydrogen-bond acceptors (Lipinski definition) is 2. The number of hydrogen-bond donors (Lipinski definition) is 2. The summed E-state index contributed by atoms with van der Waals surface area (Å²) >= 11 is 13.7. The van der Waals surface area contributed by atoms with Gasteiger partial charge in [0.1, 0.15) is 5.84 Å². The zero-order chi connectivity index (χ0) is 13.8. The van der Waals surface area contributed by atoms with Gasteiger partial charge in [0.2, 0.25) is 0 Å². The second-order valence-electron chi connectivity index (χ2n) is 3.97. The van der Waals surface area contributed by atoms with Gasteiger partial charge in [-0.2, -0.15) is 0 Å². The van der Waals surface area contributed by atoms with E-state index in [1.807, 2.05) is 30.3 Å². The first-order valence-corrected chi connectivity index (χ1v) is 7.31. The molecule has 2 rings (SSSR count). The van der Waals surface area contributed by atoms with Gasteiger partial charge in [-0.05, 0) is 23.8 Å². The molecular weight excluding hydrogens is 299 g/mol.